The van der Waals surface area contributed by atoms with E-state index in [9.17, 15) is 4.79 Å². The molecule has 0 saturated carbocycles. The van der Waals surface area contributed by atoms with Crippen molar-refractivity contribution in [2.45, 2.75) is 33.2 Å². The van der Waals surface area contributed by atoms with Gasteiger partial charge in [0.2, 0.25) is 0 Å². The first-order chi connectivity index (χ1) is 16.0. The van der Waals surface area contributed by atoms with Gasteiger partial charge in [-0.3, -0.25) is 14.3 Å². The van der Waals surface area contributed by atoms with E-state index in [4.69, 9.17) is 11.5 Å². The van der Waals surface area contributed by atoms with E-state index in [1.807, 2.05) is 55.6 Å². The molecular formula is C26H36N6O. The smallest absolute Gasteiger partial charge is 0.277 e. The van der Waals surface area contributed by atoms with Crippen LogP contribution in [0.15, 0.2) is 84.2 Å². The maximum absolute atomic E-state index is 11.9. The number of nitrogens with zero attached hydrogens (tertiary/aromatic N) is 3. The average Bonchev–Trinajstić information content (AvgIpc) is 2.84. The summed E-state index contributed by atoms with van der Waals surface area (Å²) in [6.45, 7) is 9.09. The quantitative estimate of drug-likeness (QED) is 0.470. The zero-order valence-corrected chi connectivity index (χ0v) is 19.9. The van der Waals surface area contributed by atoms with E-state index in [2.05, 4.69) is 35.7 Å². The van der Waals surface area contributed by atoms with Crippen LogP contribution < -0.4 is 22.3 Å². The Morgan fingerprint density at radius 3 is 2.36 bits per heavy atom. The van der Waals surface area contributed by atoms with E-state index in [1.54, 1.807) is 18.5 Å². The molecule has 3 rings (SSSR count). The summed E-state index contributed by atoms with van der Waals surface area (Å²) in [4.78, 5) is 20.1. The largest absolute Gasteiger partial charge is 0.401 e. The molecule has 0 aliphatic heterocycles. The van der Waals surface area contributed by atoms with Crippen molar-refractivity contribution < 1.29 is 0 Å². The molecule has 3 aromatic rings. The number of hydrogen-bond donors (Lipinski definition) is 3. The van der Waals surface area contributed by atoms with E-state index < -0.39 is 0 Å². The van der Waals surface area contributed by atoms with Crippen molar-refractivity contribution in [3.63, 3.8) is 0 Å². The van der Waals surface area contributed by atoms with E-state index in [1.165, 1.54) is 23.6 Å². The Labute approximate surface area is 196 Å². The van der Waals surface area contributed by atoms with Gasteiger partial charge in [0.05, 0.1) is 6.20 Å². The third-order valence-electron chi connectivity index (χ3n) is 4.33. The standard InChI is InChI=1S/C13H13N3O.C9H13N3.C4H10/c1-2-8-16-12(10-6-4-3-5-7-10)15-9-11(14)13(16)17;1-11-7-9(10)5-8-3-2-4-12-6-8;1-3-4-2/h2-7,9H,1,8,14H2;2-6,11H,7,10H2,1H3;3-4H2,1-2H3/b;9-5-;. The van der Waals surface area contributed by atoms with Gasteiger partial charge in [-0.05, 0) is 24.8 Å². The number of unbranched alkanes of at least 4 members (excludes halogenated alkanes) is 1. The fraction of sp³-hybridized carbons (Fsp3) is 0.269. The van der Waals surface area contributed by atoms with E-state index in [-0.39, 0.29) is 11.2 Å². The molecule has 1 aromatic carbocycles. The number of allylic oxidation sites excluding steroid dienone is 1. The normalized spacial score (nSPS) is 10.3. The van der Waals surface area contributed by atoms with Gasteiger partial charge in [0.15, 0.2) is 0 Å². The topological polar surface area (TPSA) is 112 Å². The number of nitrogen functional groups attached to an aromatic ring is 1. The Bertz CT molecular complexity index is 1030. The highest BCUT2D eigenvalue weighted by molar-refractivity contribution is 5.56. The maximum atomic E-state index is 11.9. The number of nitrogens with two attached hydrogens (primary N) is 2. The Morgan fingerprint density at radius 1 is 1.12 bits per heavy atom. The van der Waals surface area contributed by atoms with Crippen molar-refractivity contribution in [1.29, 1.82) is 0 Å². The molecule has 176 valence electrons. The molecule has 2 aromatic heterocycles. The third-order valence-corrected chi connectivity index (χ3v) is 4.33. The number of benzene rings is 1. The number of nitrogens with one attached hydrogen (secondary N) is 1. The molecular weight excluding hydrogens is 412 g/mol. The fourth-order valence-corrected chi connectivity index (χ4v) is 2.55. The molecule has 0 bridgehead atoms. The predicted molar refractivity (Wildman–Crippen MR) is 139 cm³/mol. The maximum Gasteiger partial charge on any atom is 0.277 e. The second kappa shape index (κ2) is 16.0. The third kappa shape index (κ3) is 9.97. The SMILES string of the molecule is C=CCn1c(-c2ccccc2)ncc(N)c1=O.CCCC.CNC/C(N)=C/c1cccnc1. The van der Waals surface area contributed by atoms with Gasteiger partial charge in [0, 0.05) is 36.7 Å². The van der Waals surface area contributed by atoms with Crippen LogP contribution in [0.5, 0.6) is 0 Å². The van der Waals surface area contributed by atoms with Crippen molar-refractivity contribution in [3.05, 3.63) is 95.3 Å². The molecule has 0 unspecified atom stereocenters. The lowest BCUT2D eigenvalue weighted by Crippen LogP contribution is -2.24. The highest BCUT2D eigenvalue weighted by atomic mass is 16.1. The van der Waals surface area contributed by atoms with Crippen LogP contribution in [0.4, 0.5) is 5.69 Å². The number of aromatic nitrogens is 3. The van der Waals surface area contributed by atoms with Crippen molar-refractivity contribution in [3.8, 4) is 11.4 Å². The van der Waals surface area contributed by atoms with Crippen molar-refractivity contribution in [2.24, 2.45) is 5.73 Å². The van der Waals surface area contributed by atoms with Crippen molar-refractivity contribution in [2.75, 3.05) is 19.3 Å². The minimum Gasteiger partial charge on any atom is -0.401 e. The van der Waals surface area contributed by atoms with Gasteiger partial charge in [0.25, 0.3) is 5.56 Å². The zero-order chi connectivity index (χ0) is 24.5. The van der Waals surface area contributed by atoms with E-state index in [0.717, 1.165) is 16.8 Å². The first kappa shape index (κ1) is 27.3. The van der Waals surface area contributed by atoms with Crippen LogP contribution in [0.25, 0.3) is 17.5 Å². The van der Waals surface area contributed by atoms with Gasteiger partial charge in [0.1, 0.15) is 11.5 Å². The molecule has 0 spiro atoms. The average molecular weight is 449 g/mol. The minimum absolute atomic E-state index is 0.145. The summed E-state index contributed by atoms with van der Waals surface area (Å²) in [6.07, 6.45) is 11.1. The molecule has 2 heterocycles. The summed E-state index contributed by atoms with van der Waals surface area (Å²) in [6, 6.07) is 13.4. The molecule has 0 saturated heterocycles. The summed E-state index contributed by atoms with van der Waals surface area (Å²) >= 11 is 0. The Kier molecular flexibility index (Phi) is 13.2. The molecule has 7 nitrogen and oxygen atoms in total. The van der Waals surface area contributed by atoms with Gasteiger partial charge in [-0.2, -0.15) is 0 Å². The lowest BCUT2D eigenvalue weighted by molar-refractivity contribution is 0.770. The molecule has 0 atom stereocenters. The molecule has 0 aliphatic rings. The molecule has 0 fully saturated rings. The van der Waals surface area contributed by atoms with E-state index >= 15 is 0 Å². The van der Waals surface area contributed by atoms with Crippen molar-refractivity contribution >= 4 is 11.8 Å². The summed E-state index contributed by atoms with van der Waals surface area (Å²) < 4.78 is 1.51. The van der Waals surface area contributed by atoms with Gasteiger partial charge < -0.3 is 16.8 Å². The summed E-state index contributed by atoms with van der Waals surface area (Å²) in [5.74, 6) is 0.602. The summed E-state index contributed by atoms with van der Waals surface area (Å²) in [7, 11) is 1.87. The molecule has 0 aliphatic carbocycles. The molecule has 7 heteroatoms. The molecule has 0 amide bonds. The van der Waals surface area contributed by atoms with Crippen LogP contribution in [0.1, 0.15) is 32.3 Å². The summed E-state index contributed by atoms with van der Waals surface area (Å²) in [5, 5.41) is 2.97. The Hall–Kier alpha value is -3.71. The molecule has 33 heavy (non-hydrogen) atoms. The summed E-state index contributed by atoms with van der Waals surface area (Å²) in [5.41, 5.74) is 13.9. The molecule has 5 N–H and O–H groups in total. The minimum atomic E-state index is -0.237. The lowest BCUT2D eigenvalue weighted by Gasteiger charge is -2.10. The highest BCUT2D eigenvalue weighted by Gasteiger charge is 2.08. The van der Waals surface area contributed by atoms with E-state index in [0.29, 0.717) is 18.9 Å². The van der Waals surface area contributed by atoms with Crippen LogP contribution in [-0.4, -0.2) is 28.1 Å². The van der Waals surface area contributed by atoms with Crippen LogP contribution in [0, 0.1) is 0 Å². The second-order valence-corrected chi connectivity index (χ2v) is 7.14. The predicted octanol–water partition coefficient (Wildman–Crippen LogP) is 4.09. The number of anilines is 1. The molecule has 0 radical (unpaired) electrons. The Balaban J connectivity index is 0.000000297. The second-order valence-electron chi connectivity index (χ2n) is 7.14. The number of rotatable bonds is 7. The van der Waals surface area contributed by atoms with Crippen LogP contribution in [0.3, 0.4) is 0 Å². The van der Waals surface area contributed by atoms with Gasteiger partial charge in [-0.15, -0.1) is 6.58 Å². The Morgan fingerprint density at radius 2 is 1.82 bits per heavy atom. The van der Waals surface area contributed by atoms with Crippen LogP contribution in [0.2, 0.25) is 0 Å². The van der Waals surface area contributed by atoms with Crippen LogP contribution >= 0.6 is 0 Å². The van der Waals surface area contributed by atoms with Gasteiger partial charge in [-0.1, -0.05) is 69.2 Å². The zero-order valence-electron chi connectivity index (χ0n) is 19.9. The number of pyridine rings is 1. The fourth-order valence-electron chi connectivity index (χ4n) is 2.55. The highest BCUT2D eigenvalue weighted by Crippen LogP contribution is 2.15. The lowest BCUT2D eigenvalue weighted by atomic mass is 10.2. The number of hydrogen-bond acceptors (Lipinski definition) is 6. The first-order valence-corrected chi connectivity index (χ1v) is 11.0. The van der Waals surface area contributed by atoms with Crippen molar-refractivity contribution in [1.82, 2.24) is 19.9 Å². The first-order valence-electron chi connectivity index (χ1n) is 11.0. The monoisotopic (exact) mass is 448 g/mol. The number of likely N-dealkylation sites (N-methyl/N-ethyl adjacent to an activating group) is 1. The van der Waals surface area contributed by atoms with Crippen LogP contribution in [-0.2, 0) is 6.54 Å². The van der Waals surface area contributed by atoms with Gasteiger partial charge in [-0.25, -0.2) is 4.98 Å². The van der Waals surface area contributed by atoms with Gasteiger partial charge >= 0.3 is 0 Å².